The fourth-order valence-electron chi connectivity index (χ4n) is 3.59. The molecule has 3 rings (SSSR count). The first-order valence-corrected chi connectivity index (χ1v) is 9.76. The van der Waals surface area contributed by atoms with E-state index in [9.17, 15) is 9.90 Å². The summed E-state index contributed by atoms with van der Waals surface area (Å²) >= 11 is 6.10. The number of carbonyl (C=O) groups is 1. The van der Waals surface area contributed by atoms with Crippen LogP contribution in [0.25, 0.3) is 0 Å². The molecular weight excluding hydrogens is 372 g/mol. The summed E-state index contributed by atoms with van der Waals surface area (Å²) in [5.74, 6) is -0.884. The van der Waals surface area contributed by atoms with Crippen LogP contribution in [-0.2, 0) is 19.5 Å². The number of rotatable bonds is 8. The Bertz CT molecular complexity index is 964. The molecule has 0 radical (unpaired) electrons. The quantitative estimate of drug-likeness (QED) is 0.536. The van der Waals surface area contributed by atoms with Crippen LogP contribution in [0.4, 0.5) is 0 Å². The van der Waals surface area contributed by atoms with Gasteiger partial charge in [-0.25, -0.2) is 4.79 Å². The molecule has 1 heterocycles. The van der Waals surface area contributed by atoms with Crippen molar-refractivity contribution in [2.75, 3.05) is 6.54 Å². The van der Waals surface area contributed by atoms with Crippen molar-refractivity contribution in [1.82, 2.24) is 9.88 Å². The second-order valence-electron chi connectivity index (χ2n) is 6.96. The predicted octanol–water partition coefficient (Wildman–Crippen LogP) is 4.84. The maximum absolute atomic E-state index is 11.9. The van der Waals surface area contributed by atoms with Crippen molar-refractivity contribution in [3.63, 3.8) is 0 Å². The van der Waals surface area contributed by atoms with Crippen molar-refractivity contribution in [3.05, 3.63) is 93.3 Å². The summed E-state index contributed by atoms with van der Waals surface area (Å²) in [7, 11) is 0. The molecular formula is C23H25ClN2O2. The number of aromatic nitrogens is 1. The Labute approximate surface area is 170 Å². The molecule has 0 atom stereocenters. The van der Waals surface area contributed by atoms with Crippen LogP contribution in [0.3, 0.4) is 0 Å². The molecule has 0 saturated heterocycles. The van der Waals surface area contributed by atoms with Gasteiger partial charge in [-0.15, -0.1) is 0 Å². The topological polar surface area (TPSA) is 54.3 Å². The minimum absolute atomic E-state index is 0.395. The van der Waals surface area contributed by atoms with Gasteiger partial charge in [0.1, 0.15) is 0 Å². The van der Waals surface area contributed by atoms with Gasteiger partial charge in [-0.2, -0.15) is 0 Å². The third kappa shape index (κ3) is 4.64. The summed E-state index contributed by atoms with van der Waals surface area (Å²) < 4.78 is 2.06. The van der Waals surface area contributed by atoms with Crippen LogP contribution < -0.4 is 5.32 Å². The molecule has 0 aliphatic carbocycles. The van der Waals surface area contributed by atoms with Gasteiger partial charge in [0.05, 0.1) is 5.56 Å². The van der Waals surface area contributed by atoms with Gasteiger partial charge in [0.2, 0.25) is 0 Å². The van der Waals surface area contributed by atoms with E-state index in [1.807, 2.05) is 56.3 Å². The minimum atomic E-state index is -0.884. The molecule has 0 amide bonds. The van der Waals surface area contributed by atoms with Gasteiger partial charge in [0, 0.05) is 35.1 Å². The molecule has 2 aromatic carbocycles. The number of aromatic carboxylic acids is 1. The lowest BCUT2D eigenvalue weighted by Gasteiger charge is -2.11. The van der Waals surface area contributed by atoms with Gasteiger partial charge in [-0.1, -0.05) is 54.1 Å². The monoisotopic (exact) mass is 396 g/mol. The molecule has 0 saturated carbocycles. The summed E-state index contributed by atoms with van der Waals surface area (Å²) in [6.45, 7) is 5.78. The van der Waals surface area contributed by atoms with Crippen molar-refractivity contribution in [2.24, 2.45) is 0 Å². The molecule has 2 N–H and O–H groups in total. The predicted molar refractivity (Wildman–Crippen MR) is 113 cm³/mol. The molecule has 3 aromatic rings. The molecule has 0 unspecified atom stereocenters. The normalized spacial score (nSPS) is 11.0. The SMILES string of the molecule is Cc1c(CNCCc2ccccc2)c(C(=O)O)c(C)n1Cc1cccc(Cl)c1. The standard InChI is InChI=1S/C23H25ClN2O2/c1-16-21(14-25-12-11-18-7-4-3-5-8-18)22(23(27)28)17(2)26(16)15-19-9-6-10-20(24)13-19/h3-10,13,25H,11-12,14-15H2,1-2H3,(H,27,28). The highest BCUT2D eigenvalue weighted by Crippen LogP contribution is 2.24. The van der Waals surface area contributed by atoms with E-state index >= 15 is 0 Å². The Balaban J connectivity index is 1.77. The minimum Gasteiger partial charge on any atom is -0.478 e. The Morgan fingerprint density at radius 1 is 1.04 bits per heavy atom. The number of nitrogens with one attached hydrogen (secondary N) is 1. The average molecular weight is 397 g/mol. The zero-order valence-corrected chi connectivity index (χ0v) is 17.0. The summed E-state index contributed by atoms with van der Waals surface area (Å²) in [4.78, 5) is 11.9. The lowest BCUT2D eigenvalue weighted by Crippen LogP contribution is -2.18. The number of halogens is 1. The van der Waals surface area contributed by atoms with Crippen LogP contribution in [0.5, 0.6) is 0 Å². The first-order valence-electron chi connectivity index (χ1n) is 9.38. The van der Waals surface area contributed by atoms with Crippen LogP contribution in [0, 0.1) is 13.8 Å². The molecule has 4 nitrogen and oxygen atoms in total. The average Bonchev–Trinajstić information content (AvgIpc) is 2.90. The van der Waals surface area contributed by atoms with Crippen molar-refractivity contribution in [2.45, 2.75) is 33.4 Å². The maximum atomic E-state index is 11.9. The van der Waals surface area contributed by atoms with Gasteiger partial charge in [-0.05, 0) is 50.1 Å². The maximum Gasteiger partial charge on any atom is 0.337 e. The Kier molecular flexibility index (Phi) is 6.55. The fraction of sp³-hybridized carbons (Fsp3) is 0.261. The van der Waals surface area contributed by atoms with E-state index in [1.54, 1.807) is 0 Å². The summed E-state index contributed by atoms with van der Waals surface area (Å²) in [5.41, 5.74) is 5.30. The van der Waals surface area contributed by atoms with Crippen LogP contribution in [-0.4, -0.2) is 22.2 Å². The van der Waals surface area contributed by atoms with Crippen molar-refractivity contribution < 1.29 is 9.90 Å². The van der Waals surface area contributed by atoms with E-state index in [0.717, 1.165) is 35.5 Å². The van der Waals surface area contributed by atoms with E-state index in [-0.39, 0.29) is 0 Å². The first kappa shape index (κ1) is 20.2. The number of benzene rings is 2. The largest absolute Gasteiger partial charge is 0.478 e. The number of nitrogens with zero attached hydrogens (tertiary/aromatic N) is 1. The lowest BCUT2D eigenvalue weighted by atomic mass is 10.1. The van der Waals surface area contributed by atoms with E-state index in [1.165, 1.54) is 5.56 Å². The molecule has 146 valence electrons. The van der Waals surface area contributed by atoms with Crippen molar-refractivity contribution >= 4 is 17.6 Å². The molecule has 0 aliphatic rings. The summed E-state index contributed by atoms with van der Waals surface area (Å²) in [5, 5.41) is 13.9. The zero-order chi connectivity index (χ0) is 20.1. The fourth-order valence-corrected chi connectivity index (χ4v) is 3.81. The third-order valence-corrected chi connectivity index (χ3v) is 5.32. The van der Waals surface area contributed by atoms with E-state index in [2.05, 4.69) is 22.0 Å². The summed E-state index contributed by atoms with van der Waals surface area (Å²) in [6, 6.07) is 17.9. The van der Waals surface area contributed by atoms with Gasteiger partial charge in [0.15, 0.2) is 0 Å². The summed E-state index contributed by atoms with van der Waals surface area (Å²) in [6.07, 6.45) is 0.907. The van der Waals surface area contributed by atoms with Crippen LogP contribution in [0.2, 0.25) is 5.02 Å². The molecule has 28 heavy (non-hydrogen) atoms. The third-order valence-electron chi connectivity index (χ3n) is 5.09. The second kappa shape index (κ2) is 9.09. The van der Waals surface area contributed by atoms with Crippen LogP contribution in [0.15, 0.2) is 54.6 Å². The van der Waals surface area contributed by atoms with Gasteiger partial charge in [-0.3, -0.25) is 0 Å². The highest BCUT2D eigenvalue weighted by Gasteiger charge is 2.22. The highest BCUT2D eigenvalue weighted by molar-refractivity contribution is 6.30. The highest BCUT2D eigenvalue weighted by atomic mass is 35.5. The Hall–Kier alpha value is -2.56. The first-order chi connectivity index (χ1) is 13.5. The van der Waals surface area contributed by atoms with E-state index < -0.39 is 5.97 Å². The molecule has 5 heteroatoms. The molecule has 1 aromatic heterocycles. The zero-order valence-electron chi connectivity index (χ0n) is 16.2. The molecule has 0 fully saturated rings. The van der Waals surface area contributed by atoms with Crippen molar-refractivity contribution in [3.8, 4) is 0 Å². The smallest absolute Gasteiger partial charge is 0.337 e. The lowest BCUT2D eigenvalue weighted by molar-refractivity contribution is 0.0694. The second-order valence-corrected chi connectivity index (χ2v) is 7.39. The van der Waals surface area contributed by atoms with Gasteiger partial charge in [0.25, 0.3) is 0 Å². The Morgan fingerprint density at radius 3 is 2.43 bits per heavy atom. The number of carboxylic acid groups (broad SMARTS) is 1. The van der Waals surface area contributed by atoms with Crippen LogP contribution in [0.1, 0.15) is 38.4 Å². The van der Waals surface area contributed by atoms with Gasteiger partial charge >= 0.3 is 5.97 Å². The van der Waals surface area contributed by atoms with E-state index in [4.69, 9.17) is 11.6 Å². The van der Waals surface area contributed by atoms with Crippen molar-refractivity contribution in [1.29, 1.82) is 0 Å². The molecule has 0 bridgehead atoms. The molecule has 0 spiro atoms. The number of hydrogen-bond donors (Lipinski definition) is 2. The Morgan fingerprint density at radius 2 is 1.75 bits per heavy atom. The molecule has 0 aliphatic heterocycles. The number of hydrogen-bond acceptors (Lipinski definition) is 2. The van der Waals surface area contributed by atoms with E-state index in [0.29, 0.717) is 23.7 Å². The number of carboxylic acids is 1. The van der Waals surface area contributed by atoms with Gasteiger partial charge < -0.3 is 15.0 Å². The van der Waals surface area contributed by atoms with Crippen LogP contribution >= 0.6 is 11.6 Å².